The first-order chi connectivity index (χ1) is 10.6. The van der Waals surface area contributed by atoms with Crippen LogP contribution in [0.1, 0.15) is 47.8 Å². The normalized spacial score (nSPS) is 15.1. The summed E-state index contributed by atoms with van der Waals surface area (Å²) < 4.78 is 20.7. The number of carbonyl (C=O) groups excluding carboxylic acids is 1. The van der Waals surface area contributed by atoms with Gasteiger partial charge in [0, 0.05) is 11.9 Å². The summed E-state index contributed by atoms with van der Waals surface area (Å²) in [6, 6.07) is 6.16. The van der Waals surface area contributed by atoms with Crippen molar-refractivity contribution < 1.29 is 13.9 Å². The second-order valence-corrected chi connectivity index (χ2v) is 5.54. The fourth-order valence-electron chi connectivity index (χ4n) is 2.74. The molecule has 0 unspecified atom stereocenters. The fraction of sp³-hybridized carbons (Fsp3) is 0.375. The molecule has 0 bridgehead atoms. The standard InChI is InChI=1S/C16H18FN3O2/c17-15-9-11(18)5-6-14(15)16(21)22-10-12-7-8-20(19-12)13-3-1-2-4-13/h5-9,13H,1-4,10,18H2. The summed E-state index contributed by atoms with van der Waals surface area (Å²) in [6.45, 7) is 0.0301. The zero-order chi connectivity index (χ0) is 15.5. The van der Waals surface area contributed by atoms with E-state index in [1.807, 2.05) is 16.9 Å². The minimum absolute atomic E-state index is 0.0301. The van der Waals surface area contributed by atoms with E-state index >= 15 is 0 Å². The zero-order valence-electron chi connectivity index (χ0n) is 12.2. The van der Waals surface area contributed by atoms with Crippen molar-refractivity contribution >= 4 is 11.7 Å². The van der Waals surface area contributed by atoms with E-state index in [1.165, 1.54) is 25.0 Å². The molecule has 1 aliphatic carbocycles. The number of halogens is 1. The van der Waals surface area contributed by atoms with Gasteiger partial charge in [-0.15, -0.1) is 0 Å². The summed E-state index contributed by atoms with van der Waals surface area (Å²) in [5, 5.41) is 4.42. The first-order valence-corrected chi connectivity index (χ1v) is 7.39. The maximum Gasteiger partial charge on any atom is 0.341 e. The van der Waals surface area contributed by atoms with E-state index in [0.717, 1.165) is 18.9 Å². The van der Waals surface area contributed by atoms with Crippen molar-refractivity contribution in [3.05, 3.63) is 47.5 Å². The van der Waals surface area contributed by atoms with Crippen molar-refractivity contribution in [1.82, 2.24) is 9.78 Å². The molecule has 22 heavy (non-hydrogen) atoms. The van der Waals surface area contributed by atoms with E-state index in [-0.39, 0.29) is 17.9 Å². The lowest BCUT2D eigenvalue weighted by molar-refractivity contribution is 0.0461. The predicted molar refractivity (Wildman–Crippen MR) is 79.7 cm³/mol. The molecule has 0 atom stereocenters. The number of carbonyl (C=O) groups is 1. The van der Waals surface area contributed by atoms with Gasteiger partial charge in [0.1, 0.15) is 12.4 Å². The number of anilines is 1. The van der Waals surface area contributed by atoms with Crippen molar-refractivity contribution in [2.45, 2.75) is 38.3 Å². The SMILES string of the molecule is Nc1ccc(C(=O)OCc2ccn(C3CCCC3)n2)c(F)c1. The molecule has 3 rings (SSSR count). The van der Waals surface area contributed by atoms with Gasteiger partial charge in [-0.2, -0.15) is 5.10 Å². The molecular weight excluding hydrogens is 285 g/mol. The van der Waals surface area contributed by atoms with Crippen LogP contribution in [0.2, 0.25) is 0 Å². The van der Waals surface area contributed by atoms with Crippen molar-refractivity contribution in [1.29, 1.82) is 0 Å². The highest BCUT2D eigenvalue weighted by atomic mass is 19.1. The minimum Gasteiger partial charge on any atom is -0.455 e. The summed E-state index contributed by atoms with van der Waals surface area (Å²) in [5.41, 5.74) is 6.26. The third kappa shape index (κ3) is 3.10. The molecule has 1 heterocycles. The third-order valence-electron chi connectivity index (χ3n) is 3.93. The van der Waals surface area contributed by atoms with Gasteiger partial charge in [0.15, 0.2) is 0 Å². The number of hydrogen-bond acceptors (Lipinski definition) is 4. The van der Waals surface area contributed by atoms with Gasteiger partial charge in [-0.25, -0.2) is 9.18 Å². The summed E-state index contributed by atoms with van der Waals surface area (Å²) in [4.78, 5) is 11.9. The maximum atomic E-state index is 13.6. The van der Waals surface area contributed by atoms with Crippen LogP contribution in [0.5, 0.6) is 0 Å². The number of esters is 1. The van der Waals surface area contributed by atoms with Crippen molar-refractivity contribution in [2.75, 3.05) is 5.73 Å². The van der Waals surface area contributed by atoms with Crippen LogP contribution in [0.4, 0.5) is 10.1 Å². The van der Waals surface area contributed by atoms with E-state index in [0.29, 0.717) is 11.7 Å². The highest BCUT2D eigenvalue weighted by Crippen LogP contribution is 2.28. The van der Waals surface area contributed by atoms with Crippen LogP contribution >= 0.6 is 0 Å². The highest BCUT2D eigenvalue weighted by molar-refractivity contribution is 5.90. The smallest absolute Gasteiger partial charge is 0.341 e. The van der Waals surface area contributed by atoms with Crippen LogP contribution in [0, 0.1) is 5.82 Å². The summed E-state index contributed by atoms with van der Waals surface area (Å²) >= 11 is 0. The number of nitrogens with two attached hydrogens (primary N) is 1. The molecular formula is C16H18FN3O2. The molecule has 5 nitrogen and oxygen atoms in total. The van der Waals surface area contributed by atoms with E-state index in [1.54, 1.807) is 0 Å². The van der Waals surface area contributed by atoms with E-state index in [4.69, 9.17) is 10.5 Å². The number of rotatable bonds is 4. The molecule has 0 aliphatic heterocycles. The largest absolute Gasteiger partial charge is 0.455 e. The van der Waals surface area contributed by atoms with E-state index in [9.17, 15) is 9.18 Å². The average molecular weight is 303 g/mol. The van der Waals surface area contributed by atoms with Crippen molar-refractivity contribution in [2.24, 2.45) is 0 Å². The Morgan fingerprint density at radius 2 is 2.14 bits per heavy atom. The van der Waals surface area contributed by atoms with Gasteiger partial charge in [0.2, 0.25) is 0 Å². The third-order valence-corrected chi connectivity index (χ3v) is 3.93. The van der Waals surface area contributed by atoms with Gasteiger partial charge in [-0.1, -0.05) is 12.8 Å². The number of ether oxygens (including phenoxy) is 1. The Balaban J connectivity index is 1.61. The van der Waals surface area contributed by atoms with Crippen LogP contribution in [0.25, 0.3) is 0 Å². The molecule has 0 saturated heterocycles. The quantitative estimate of drug-likeness (QED) is 0.696. The van der Waals surface area contributed by atoms with Crippen LogP contribution in [-0.2, 0) is 11.3 Å². The molecule has 0 spiro atoms. The average Bonchev–Trinajstić information content (AvgIpc) is 3.16. The lowest BCUT2D eigenvalue weighted by Crippen LogP contribution is -2.09. The lowest BCUT2D eigenvalue weighted by atomic mass is 10.2. The highest BCUT2D eigenvalue weighted by Gasteiger charge is 2.18. The number of nitrogens with zero attached hydrogens (tertiary/aromatic N) is 2. The Hall–Kier alpha value is -2.37. The molecule has 1 aromatic heterocycles. The number of hydrogen-bond donors (Lipinski definition) is 1. The van der Waals surface area contributed by atoms with Crippen molar-refractivity contribution in [3.63, 3.8) is 0 Å². The van der Waals surface area contributed by atoms with Crippen LogP contribution < -0.4 is 5.73 Å². The Labute approximate surface area is 127 Å². The molecule has 0 amide bonds. The van der Waals surface area contributed by atoms with Gasteiger partial charge in [-0.05, 0) is 37.1 Å². The summed E-state index contributed by atoms with van der Waals surface area (Å²) in [5.74, 6) is -1.39. The maximum absolute atomic E-state index is 13.6. The lowest BCUT2D eigenvalue weighted by Gasteiger charge is -2.09. The molecule has 1 saturated carbocycles. The minimum atomic E-state index is -0.715. The molecule has 1 aliphatic rings. The Kier molecular flexibility index (Phi) is 4.09. The van der Waals surface area contributed by atoms with Gasteiger partial charge >= 0.3 is 5.97 Å². The number of nitrogen functional groups attached to an aromatic ring is 1. The molecule has 2 aromatic rings. The summed E-state index contributed by atoms with van der Waals surface area (Å²) in [7, 11) is 0. The van der Waals surface area contributed by atoms with Crippen molar-refractivity contribution in [3.8, 4) is 0 Å². The molecule has 2 N–H and O–H groups in total. The van der Waals surface area contributed by atoms with Crippen LogP contribution in [0.15, 0.2) is 30.5 Å². The first-order valence-electron chi connectivity index (χ1n) is 7.39. The fourth-order valence-corrected chi connectivity index (χ4v) is 2.74. The first kappa shape index (κ1) is 14.6. The Morgan fingerprint density at radius 3 is 2.86 bits per heavy atom. The number of benzene rings is 1. The van der Waals surface area contributed by atoms with Crippen LogP contribution in [0.3, 0.4) is 0 Å². The monoisotopic (exact) mass is 303 g/mol. The number of aromatic nitrogens is 2. The molecule has 1 aromatic carbocycles. The van der Waals surface area contributed by atoms with Gasteiger partial charge in [0.25, 0.3) is 0 Å². The molecule has 1 fully saturated rings. The topological polar surface area (TPSA) is 70.1 Å². The molecule has 116 valence electrons. The van der Waals surface area contributed by atoms with E-state index in [2.05, 4.69) is 5.10 Å². The summed E-state index contributed by atoms with van der Waals surface area (Å²) in [6.07, 6.45) is 6.63. The van der Waals surface area contributed by atoms with Crippen LogP contribution in [-0.4, -0.2) is 15.7 Å². The second-order valence-electron chi connectivity index (χ2n) is 5.54. The molecule has 0 radical (unpaired) electrons. The Bertz CT molecular complexity index is 678. The molecule has 6 heteroatoms. The van der Waals surface area contributed by atoms with E-state index < -0.39 is 11.8 Å². The predicted octanol–water partition coefficient (Wildman–Crippen LogP) is 3.08. The zero-order valence-corrected chi connectivity index (χ0v) is 12.2. The van der Waals surface area contributed by atoms with Gasteiger partial charge in [-0.3, -0.25) is 4.68 Å². The van der Waals surface area contributed by atoms with Gasteiger partial charge in [0.05, 0.1) is 17.3 Å². The van der Waals surface area contributed by atoms with Gasteiger partial charge < -0.3 is 10.5 Å². The second kappa shape index (κ2) is 6.17. The Morgan fingerprint density at radius 1 is 1.36 bits per heavy atom.